The van der Waals surface area contributed by atoms with Crippen molar-refractivity contribution in [2.75, 3.05) is 6.54 Å². The van der Waals surface area contributed by atoms with E-state index in [9.17, 15) is 18.0 Å². The summed E-state index contributed by atoms with van der Waals surface area (Å²) < 4.78 is 38.6. The lowest BCUT2D eigenvalue weighted by molar-refractivity contribution is -0.141. The van der Waals surface area contributed by atoms with E-state index in [-0.39, 0.29) is 11.8 Å². The summed E-state index contributed by atoms with van der Waals surface area (Å²) in [6, 6.07) is 1.03. The Labute approximate surface area is 109 Å². The Balaban J connectivity index is 1.79. The molecule has 0 bridgehead atoms. The van der Waals surface area contributed by atoms with Crippen molar-refractivity contribution in [2.24, 2.45) is 5.92 Å². The summed E-state index contributed by atoms with van der Waals surface area (Å²) in [6.07, 6.45) is -1.95. The average Bonchev–Trinajstić information content (AvgIpc) is 3.08. The number of aromatic nitrogens is 2. The first-order valence-corrected chi connectivity index (χ1v) is 6.27. The zero-order valence-electron chi connectivity index (χ0n) is 10.6. The second kappa shape index (κ2) is 5.22. The minimum Gasteiger partial charge on any atom is -0.356 e. The van der Waals surface area contributed by atoms with Gasteiger partial charge in [-0.25, -0.2) is 0 Å². The molecular formula is C12H16F3N3O. The second-order valence-electron chi connectivity index (χ2n) is 4.81. The fraction of sp³-hybridized carbons (Fsp3) is 0.667. The van der Waals surface area contributed by atoms with Crippen LogP contribution in [-0.4, -0.2) is 22.2 Å². The molecule has 106 valence electrons. The topological polar surface area (TPSA) is 46.9 Å². The van der Waals surface area contributed by atoms with Gasteiger partial charge >= 0.3 is 6.18 Å². The van der Waals surface area contributed by atoms with Gasteiger partial charge in [0, 0.05) is 24.7 Å². The molecule has 0 aliphatic heterocycles. The zero-order chi connectivity index (χ0) is 14.0. The molecule has 1 heterocycles. The Morgan fingerprint density at radius 1 is 1.53 bits per heavy atom. The smallest absolute Gasteiger partial charge is 0.356 e. The van der Waals surface area contributed by atoms with Crippen LogP contribution in [0.2, 0.25) is 0 Å². The van der Waals surface area contributed by atoms with Crippen LogP contribution in [0.3, 0.4) is 0 Å². The van der Waals surface area contributed by atoms with Crippen molar-refractivity contribution >= 4 is 5.91 Å². The van der Waals surface area contributed by atoms with Crippen LogP contribution >= 0.6 is 0 Å². The predicted molar refractivity (Wildman–Crippen MR) is 62.3 cm³/mol. The highest BCUT2D eigenvalue weighted by molar-refractivity contribution is 5.80. The first-order chi connectivity index (χ1) is 8.88. The third-order valence-corrected chi connectivity index (χ3v) is 3.07. The highest BCUT2D eigenvalue weighted by Crippen LogP contribution is 2.29. The molecule has 7 heteroatoms. The molecule has 0 unspecified atom stereocenters. The number of hydrogen-bond acceptors (Lipinski definition) is 2. The summed E-state index contributed by atoms with van der Waals surface area (Å²) in [6.45, 7) is 2.42. The van der Waals surface area contributed by atoms with Crippen molar-refractivity contribution in [3.8, 4) is 0 Å². The molecule has 19 heavy (non-hydrogen) atoms. The van der Waals surface area contributed by atoms with Crippen LogP contribution in [0.1, 0.15) is 30.7 Å². The van der Waals surface area contributed by atoms with Crippen molar-refractivity contribution in [2.45, 2.75) is 38.9 Å². The molecule has 1 saturated carbocycles. The fourth-order valence-corrected chi connectivity index (χ4v) is 1.81. The van der Waals surface area contributed by atoms with Crippen molar-refractivity contribution in [3.05, 3.63) is 17.5 Å². The summed E-state index contributed by atoms with van der Waals surface area (Å²) in [5.74, 6) is 0.205. The van der Waals surface area contributed by atoms with Gasteiger partial charge < -0.3 is 5.32 Å². The number of nitrogens with zero attached hydrogens (tertiary/aromatic N) is 2. The molecule has 1 aliphatic rings. The van der Waals surface area contributed by atoms with Crippen LogP contribution in [0, 0.1) is 12.8 Å². The minimum absolute atomic E-state index is 0.0492. The quantitative estimate of drug-likeness (QED) is 0.837. The lowest BCUT2D eigenvalue weighted by atomic mass is 10.3. The predicted octanol–water partition coefficient (Wildman–Crippen LogP) is 2.13. The molecular weight excluding hydrogens is 259 g/mol. The molecule has 4 nitrogen and oxygen atoms in total. The van der Waals surface area contributed by atoms with Crippen molar-refractivity contribution in [1.29, 1.82) is 0 Å². The van der Waals surface area contributed by atoms with Crippen molar-refractivity contribution in [3.63, 3.8) is 0 Å². The Bertz CT molecular complexity index is 463. The van der Waals surface area contributed by atoms with Crippen LogP contribution in [0.5, 0.6) is 0 Å². The summed E-state index contributed by atoms with van der Waals surface area (Å²) in [5.41, 5.74) is -0.395. The normalized spacial score (nSPS) is 15.6. The van der Waals surface area contributed by atoms with Gasteiger partial charge in [-0.1, -0.05) is 0 Å². The largest absolute Gasteiger partial charge is 0.435 e. The van der Waals surface area contributed by atoms with Crippen LogP contribution < -0.4 is 5.32 Å². The third kappa shape index (κ3) is 3.71. The zero-order valence-corrected chi connectivity index (χ0v) is 10.6. The molecule has 1 fully saturated rings. The summed E-state index contributed by atoms with van der Waals surface area (Å²) in [7, 11) is 0. The Morgan fingerprint density at radius 2 is 2.21 bits per heavy atom. The highest BCUT2D eigenvalue weighted by atomic mass is 19.4. The number of carbonyl (C=O) groups is 1. The third-order valence-electron chi connectivity index (χ3n) is 3.07. The first-order valence-electron chi connectivity index (χ1n) is 6.27. The van der Waals surface area contributed by atoms with E-state index in [0.717, 1.165) is 18.9 Å². The van der Waals surface area contributed by atoms with E-state index in [1.807, 2.05) is 0 Å². The molecule has 0 spiro atoms. The van der Waals surface area contributed by atoms with Gasteiger partial charge in [0.2, 0.25) is 5.91 Å². The molecule has 1 amide bonds. The number of nitrogens with one attached hydrogen (secondary N) is 1. The number of aryl methyl sites for hydroxylation is 2. The lowest BCUT2D eigenvalue weighted by Gasteiger charge is -2.06. The molecule has 1 aromatic heterocycles. The van der Waals surface area contributed by atoms with E-state index in [1.54, 1.807) is 6.92 Å². The maximum atomic E-state index is 12.4. The van der Waals surface area contributed by atoms with E-state index in [1.165, 1.54) is 4.68 Å². The van der Waals surface area contributed by atoms with E-state index < -0.39 is 11.9 Å². The maximum Gasteiger partial charge on any atom is 0.435 e. The molecule has 2 rings (SSSR count). The second-order valence-corrected chi connectivity index (χ2v) is 4.81. The Kier molecular flexibility index (Phi) is 3.82. The van der Waals surface area contributed by atoms with Gasteiger partial charge in [0.1, 0.15) is 0 Å². The van der Waals surface area contributed by atoms with Gasteiger partial charge in [0.15, 0.2) is 5.69 Å². The van der Waals surface area contributed by atoms with Gasteiger partial charge in [-0.15, -0.1) is 0 Å². The number of carbonyl (C=O) groups excluding carboxylic acids is 1. The Morgan fingerprint density at radius 3 is 2.74 bits per heavy atom. The molecule has 0 radical (unpaired) electrons. The number of amides is 1. The molecule has 0 saturated heterocycles. The first kappa shape index (κ1) is 13.9. The van der Waals surface area contributed by atoms with E-state index in [4.69, 9.17) is 0 Å². The fourth-order valence-electron chi connectivity index (χ4n) is 1.81. The number of hydrogen-bond donors (Lipinski definition) is 1. The van der Waals surface area contributed by atoms with Gasteiger partial charge in [0.05, 0.1) is 0 Å². The molecule has 0 atom stereocenters. The molecule has 0 aromatic carbocycles. The average molecular weight is 275 g/mol. The van der Waals surface area contributed by atoms with E-state index >= 15 is 0 Å². The molecule has 1 aromatic rings. The van der Waals surface area contributed by atoms with Gasteiger partial charge in [-0.3, -0.25) is 9.48 Å². The van der Waals surface area contributed by atoms with Crippen LogP contribution in [-0.2, 0) is 17.5 Å². The van der Waals surface area contributed by atoms with Gasteiger partial charge in [-0.05, 0) is 32.3 Å². The SMILES string of the molecule is Cc1cc(C(F)(F)F)nn1CCCNC(=O)C1CC1. The van der Waals surface area contributed by atoms with Crippen molar-refractivity contribution < 1.29 is 18.0 Å². The van der Waals surface area contributed by atoms with Crippen LogP contribution in [0.4, 0.5) is 13.2 Å². The Hall–Kier alpha value is -1.53. The number of rotatable bonds is 5. The maximum absolute atomic E-state index is 12.4. The van der Waals surface area contributed by atoms with Crippen molar-refractivity contribution in [1.82, 2.24) is 15.1 Å². The van der Waals surface area contributed by atoms with Gasteiger partial charge in [0.25, 0.3) is 0 Å². The van der Waals surface area contributed by atoms with Gasteiger partial charge in [-0.2, -0.15) is 18.3 Å². The number of halogens is 3. The van der Waals surface area contributed by atoms with Crippen LogP contribution in [0.25, 0.3) is 0 Å². The molecule has 1 aliphatic carbocycles. The van der Waals surface area contributed by atoms with E-state index in [0.29, 0.717) is 25.2 Å². The summed E-state index contributed by atoms with van der Waals surface area (Å²) in [5, 5.41) is 6.29. The lowest BCUT2D eigenvalue weighted by Crippen LogP contribution is -2.26. The van der Waals surface area contributed by atoms with Crippen LogP contribution in [0.15, 0.2) is 6.07 Å². The molecule has 1 N–H and O–H groups in total. The monoisotopic (exact) mass is 275 g/mol. The summed E-state index contributed by atoms with van der Waals surface area (Å²) in [4.78, 5) is 11.3. The standard InChI is InChI=1S/C12H16F3N3O/c1-8-7-10(12(13,14)15)17-18(8)6-2-5-16-11(19)9-3-4-9/h7,9H,2-6H2,1H3,(H,16,19). The highest BCUT2D eigenvalue weighted by Gasteiger charge is 2.34. The van der Waals surface area contributed by atoms with E-state index in [2.05, 4.69) is 10.4 Å². The summed E-state index contributed by atoms with van der Waals surface area (Å²) >= 11 is 0. The number of alkyl halides is 3. The minimum atomic E-state index is -4.41.